The number of aromatic nitrogens is 2. The van der Waals surface area contributed by atoms with Gasteiger partial charge in [0.2, 0.25) is 0 Å². The van der Waals surface area contributed by atoms with E-state index in [1.807, 2.05) is 13.0 Å². The molecular weight excluding hydrogens is 328 g/mol. The van der Waals surface area contributed by atoms with Crippen LogP contribution in [0.4, 0.5) is 14.6 Å². The Morgan fingerprint density at radius 2 is 1.92 bits per heavy atom. The number of rotatable bonds is 5. The van der Waals surface area contributed by atoms with Crippen LogP contribution < -0.4 is 9.64 Å². The lowest BCUT2D eigenvalue weighted by Gasteiger charge is -2.33. The van der Waals surface area contributed by atoms with E-state index in [0.29, 0.717) is 12.4 Å². The van der Waals surface area contributed by atoms with Gasteiger partial charge in [0.25, 0.3) is 0 Å². The van der Waals surface area contributed by atoms with E-state index < -0.39 is 11.6 Å². The highest BCUT2D eigenvalue weighted by Crippen LogP contribution is 2.25. The zero-order valence-corrected chi connectivity index (χ0v) is 14.3. The van der Waals surface area contributed by atoms with E-state index in [1.165, 1.54) is 12.1 Å². The van der Waals surface area contributed by atoms with Gasteiger partial charge in [-0.2, -0.15) is 0 Å². The number of nitrogens with zero attached hydrogens (tertiary/aromatic N) is 3. The Hall–Kier alpha value is -2.28. The molecule has 1 saturated heterocycles. The fraction of sp³-hybridized carbons (Fsp3) is 0.444. The predicted octanol–water partition coefficient (Wildman–Crippen LogP) is 3.26. The number of piperidine rings is 1. The second kappa shape index (κ2) is 7.74. The van der Waals surface area contributed by atoms with E-state index in [9.17, 15) is 8.78 Å². The number of methoxy groups -OCH3 is 1. The second-order valence-corrected chi connectivity index (χ2v) is 6.10. The normalized spacial score (nSPS) is 15.4. The Morgan fingerprint density at radius 3 is 2.60 bits per heavy atom. The lowest BCUT2D eigenvalue weighted by atomic mass is 10.1. The van der Waals surface area contributed by atoms with Crippen molar-refractivity contribution in [3.8, 4) is 5.75 Å². The maximum atomic E-state index is 13.7. The zero-order chi connectivity index (χ0) is 17.8. The molecule has 0 spiro atoms. The highest BCUT2D eigenvalue weighted by Gasteiger charge is 2.23. The summed E-state index contributed by atoms with van der Waals surface area (Å²) >= 11 is 0. The van der Waals surface area contributed by atoms with Crippen LogP contribution in [0.25, 0.3) is 0 Å². The molecule has 5 nitrogen and oxygen atoms in total. The van der Waals surface area contributed by atoms with Gasteiger partial charge in [-0.05, 0) is 19.1 Å². The largest absolute Gasteiger partial charge is 0.487 e. The van der Waals surface area contributed by atoms with Gasteiger partial charge in [-0.15, -0.1) is 0 Å². The van der Waals surface area contributed by atoms with Crippen molar-refractivity contribution in [2.45, 2.75) is 32.5 Å². The minimum Gasteiger partial charge on any atom is -0.487 e. The van der Waals surface area contributed by atoms with Crippen LogP contribution in [0.15, 0.2) is 24.3 Å². The second-order valence-electron chi connectivity index (χ2n) is 6.10. The SMILES string of the molecule is COCc1nc(C)cc(N2CCC(Oc3ccc(F)cc3F)CC2)n1. The van der Waals surface area contributed by atoms with Gasteiger partial charge >= 0.3 is 0 Å². The molecule has 1 aliphatic rings. The molecule has 0 aliphatic carbocycles. The van der Waals surface area contributed by atoms with Crippen molar-refractivity contribution in [1.82, 2.24) is 9.97 Å². The number of hydrogen-bond donors (Lipinski definition) is 0. The highest BCUT2D eigenvalue weighted by molar-refractivity contribution is 5.40. The molecule has 2 heterocycles. The monoisotopic (exact) mass is 349 g/mol. The zero-order valence-electron chi connectivity index (χ0n) is 14.3. The van der Waals surface area contributed by atoms with Gasteiger partial charge in [-0.3, -0.25) is 0 Å². The fourth-order valence-electron chi connectivity index (χ4n) is 2.92. The molecule has 3 rings (SSSR count). The van der Waals surface area contributed by atoms with Crippen LogP contribution in [0.5, 0.6) is 5.75 Å². The van der Waals surface area contributed by atoms with Crippen LogP contribution >= 0.6 is 0 Å². The van der Waals surface area contributed by atoms with Crippen LogP contribution in [0, 0.1) is 18.6 Å². The third kappa shape index (κ3) is 4.42. The minimum absolute atomic E-state index is 0.0973. The summed E-state index contributed by atoms with van der Waals surface area (Å²) in [5.41, 5.74) is 0.892. The summed E-state index contributed by atoms with van der Waals surface area (Å²) in [6.45, 7) is 3.79. The lowest BCUT2D eigenvalue weighted by Crippen LogP contribution is -2.39. The molecule has 0 unspecified atom stereocenters. The standard InChI is InChI=1S/C18H21F2N3O2/c1-12-9-18(22-17(21-12)11-24-2)23-7-5-14(6-8-23)25-16-4-3-13(19)10-15(16)20/h3-4,9-10,14H,5-8,11H2,1-2H3. The van der Waals surface area contributed by atoms with Crippen LogP contribution in [-0.2, 0) is 11.3 Å². The molecule has 134 valence electrons. The lowest BCUT2D eigenvalue weighted by molar-refractivity contribution is 0.163. The van der Waals surface area contributed by atoms with E-state index >= 15 is 0 Å². The Bertz CT molecular complexity index is 734. The number of aryl methyl sites for hydroxylation is 1. The van der Waals surface area contributed by atoms with Crippen molar-refractivity contribution in [3.63, 3.8) is 0 Å². The van der Waals surface area contributed by atoms with Crippen molar-refractivity contribution in [3.05, 3.63) is 47.4 Å². The molecule has 0 radical (unpaired) electrons. The Labute approximate surface area is 145 Å². The molecule has 0 atom stereocenters. The maximum absolute atomic E-state index is 13.7. The first-order chi connectivity index (χ1) is 12.0. The first-order valence-corrected chi connectivity index (χ1v) is 8.25. The molecule has 25 heavy (non-hydrogen) atoms. The first-order valence-electron chi connectivity index (χ1n) is 8.25. The average Bonchev–Trinajstić information content (AvgIpc) is 2.58. The molecule has 0 saturated carbocycles. The van der Waals surface area contributed by atoms with Crippen molar-refractivity contribution >= 4 is 5.82 Å². The number of benzene rings is 1. The third-order valence-corrected chi connectivity index (χ3v) is 4.11. The molecule has 1 aromatic heterocycles. The average molecular weight is 349 g/mol. The molecule has 0 amide bonds. The van der Waals surface area contributed by atoms with E-state index in [2.05, 4.69) is 14.9 Å². The minimum atomic E-state index is -0.668. The molecule has 7 heteroatoms. The molecule has 0 N–H and O–H groups in total. The Balaban J connectivity index is 1.62. The smallest absolute Gasteiger partial charge is 0.167 e. The molecule has 2 aromatic rings. The Kier molecular flexibility index (Phi) is 5.43. The highest BCUT2D eigenvalue weighted by atomic mass is 19.1. The molecule has 0 bridgehead atoms. The van der Waals surface area contributed by atoms with Crippen molar-refractivity contribution in [2.75, 3.05) is 25.1 Å². The van der Waals surface area contributed by atoms with Crippen LogP contribution in [0.2, 0.25) is 0 Å². The first kappa shape index (κ1) is 17.5. The number of halogens is 2. The summed E-state index contributed by atoms with van der Waals surface area (Å²) in [7, 11) is 1.61. The summed E-state index contributed by atoms with van der Waals surface area (Å²) in [4.78, 5) is 11.0. The quantitative estimate of drug-likeness (QED) is 0.829. The Morgan fingerprint density at radius 1 is 1.16 bits per heavy atom. The maximum Gasteiger partial charge on any atom is 0.167 e. The van der Waals surface area contributed by atoms with E-state index in [-0.39, 0.29) is 11.9 Å². The van der Waals surface area contributed by atoms with Crippen LogP contribution in [0.3, 0.4) is 0 Å². The topological polar surface area (TPSA) is 47.5 Å². The van der Waals surface area contributed by atoms with Gasteiger partial charge in [0, 0.05) is 50.9 Å². The molecule has 1 fully saturated rings. The van der Waals surface area contributed by atoms with Crippen LogP contribution in [0.1, 0.15) is 24.4 Å². The molecule has 1 aliphatic heterocycles. The van der Waals surface area contributed by atoms with Crippen molar-refractivity contribution in [2.24, 2.45) is 0 Å². The van der Waals surface area contributed by atoms with Gasteiger partial charge in [0.15, 0.2) is 17.4 Å². The van der Waals surface area contributed by atoms with Gasteiger partial charge in [0.05, 0.1) is 0 Å². The summed E-state index contributed by atoms with van der Waals surface area (Å²) in [5, 5.41) is 0. The summed E-state index contributed by atoms with van der Waals surface area (Å²) in [6, 6.07) is 5.32. The number of anilines is 1. The fourth-order valence-corrected chi connectivity index (χ4v) is 2.92. The number of hydrogen-bond acceptors (Lipinski definition) is 5. The van der Waals surface area contributed by atoms with Gasteiger partial charge in [-0.25, -0.2) is 18.7 Å². The molecular formula is C18H21F2N3O2. The summed E-state index contributed by atoms with van der Waals surface area (Å²) in [6.07, 6.45) is 1.37. The van der Waals surface area contributed by atoms with Crippen molar-refractivity contribution in [1.29, 1.82) is 0 Å². The number of ether oxygens (including phenoxy) is 2. The van der Waals surface area contributed by atoms with Crippen LogP contribution in [-0.4, -0.2) is 36.3 Å². The van der Waals surface area contributed by atoms with E-state index in [4.69, 9.17) is 9.47 Å². The van der Waals surface area contributed by atoms with Gasteiger partial charge in [-0.1, -0.05) is 0 Å². The summed E-state index contributed by atoms with van der Waals surface area (Å²) in [5.74, 6) is 0.346. The molecule has 1 aromatic carbocycles. The van der Waals surface area contributed by atoms with E-state index in [0.717, 1.165) is 43.5 Å². The van der Waals surface area contributed by atoms with Gasteiger partial charge < -0.3 is 14.4 Å². The van der Waals surface area contributed by atoms with E-state index in [1.54, 1.807) is 7.11 Å². The summed E-state index contributed by atoms with van der Waals surface area (Å²) < 4.78 is 37.5. The third-order valence-electron chi connectivity index (χ3n) is 4.11. The van der Waals surface area contributed by atoms with Crippen molar-refractivity contribution < 1.29 is 18.3 Å². The van der Waals surface area contributed by atoms with Gasteiger partial charge in [0.1, 0.15) is 24.3 Å². The predicted molar refractivity (Wildman–Crippen MR) is 89.7 cm³/mol.